The number of phenolic OH excluding ortho intramolecular Hbond substituents is 1. The Hall–Kier alpha value is -2.77. The minimum atomic E-state index is -0.488. The number of hydrogen-bond acceptors (Lipinski definition) is 7. The lowest BCUT2D eigenvalue weighted by molar-refractivity contribution is -0.226. The van der Waals surface area contributed by atoms with Gasteiger partial charge in [-0.25, -0.2) is 0 Å². The Morgan fingerprint density at radius 1 is 1.15 bits per heavy atom. The Morgan fingerprint density at radius 2 is 1.93 bits per heavy atom. The Balaban J connectivity index is 1.64. The van der Waals surface area contributed by atoms with Crippen LogP contribution in [0.2, 0.25) is 0 Å². The van der Waals surface area contributed by atoms with Crippen molar-refractivity contribution in [2.75, 3.05) is 13.2 Å². The number of pyridine rings is 1. The highest BCUT2D eigenvalue weighted by Gasteiger charge is 2.30. The maximum Gasteiger partial charge on any atom is 0.262 e. The van der Waals surface area contributed by atoms with E-state index in [9.17, 15) is 5.11 Å². The van der Waals surface area contributed by atoms with Crippen molar-refractivity contribution in [2.24, 2.45) is 5.41 Å². The molecule has 0 saturated carbocycles. The van der Waals surface area contributed by atoms with Gasteiger partial charge in [0.2, 0.25) is 5.82 Å². The molecule has 4 rings (SSSR count). The average Bonchev–Trinajstić information content (AvgIpc) is 3.12. The van der Waals surface area contributed by atoms with Gasteiger partial charge >= 0.3 is 0 Å². The SMILES string of the molecule is Cc1cccnc1-c1noc(-c2cc(C3OCC(C)(C)CO3)ccc2O)n1. The van der Waals surface area contributed by atoms with Crippen molar-refractivity contribution in [1.29, 1.82) is 0 Å². The maximum atomic E-state index is 10.3. The standard InChI is InChI=1S/C20H21N3O4/c1-12-5-4-8-21-16(12)17-22-18(27-23-17)14-9-13(6-7-15(14)24)19-25-10-20(2,3)11-26-19/h4-9,19,24H,10-11H2,1-3H3. The summed E-state index contributed by atoms with van der Waals surface area (Å²) in [7, 11) is 0. The van der Waals surface area contributed by atoms with Crippen LogP contribution in [0.3, 0.4) is 0 Å². The Bertz CT molecular complexity index is 957. The molecular formula is C20H21N3O4. The van der Waals surface area contributed by atoms with E-state index >= 15 is 0 Å². The van der Waals surface area contributed by atoms with Crippen molar-refractivity contribution in [3.63, 3.8) is 0 Å². The molecule has 140 valence electrons. The zero-order valence-electron chi connectivity index (χ0n) is 15.5. The van der Waals surface area contributed by atoms with E-state index in [-0.39, 0.29) is 17.1 Å². The molecule has 1 aliphatic heterocycles. The fourth-order valence-corrected chi connectivity index (χ4v) is 2.91. The first kappa shape index (κ1) is 17.6. The summed E-state index contributed by atoms with van der Waals surface area (Å²) < 4.78 is 17.0. The van der Waals surface area contributed by atoms with Crippen molar-refractivity contribution >= 4 is 0 Å². The fraction of sp³-hybridized carbons (Fsp3) is 0.350. The Kier molecular flexibility index (Phi) is 4.41. The smallest absolute Gasteiger partial charge is 0.262 e. The molecule has 0 amide bonds. The number of rotatable bonds is 3. The Labute approximate surface area is 157 Å². The van der Waals surface area contributed by atoms with E-state index in [2.05, 4.69) is 29.0 Å². The van der Waals surface area contributed by atoms with Crippen molar-refractivity contribution in [3.8, 4) is 28.7 Å². The molecule has 0 bridgehead atoms. The molecule has 0 atom stereocenters. The normalized spacial score (nSPS) is 17.1. The van der Waals surface area contributed by atoms with Crippen LogP contribution in [-0.4, -0.2) is 33.4 Å². The van der Waals surface area contributed by atoms with Crippen LogP contribution in [0.25, 0.3) is 23.0 Å². The van der Waals surface area contributed by atoms with Crippen molar-refractivity contribution in [2.45, 2.75) is 27.1 Å². The summed E-state index contributed by atoms with van der Waals surface area (Å²) in [5, 5.41) is 14.3. The van der Waals surface area contributed by atoms with Crippen molar-refractivity contribution in [3.05, 3.63) is 47.7 Å². The average molecular weight is 367 g/mol. The highest BCUT2D eigenvalue weighted by atomic mass is 16.7. The monoisotopic (exact) mass is 367 g/mol. The number of aryl methyl sites for hydroxylation is 1. The quantitative estimate of drug-likeness (QED) is 0.751. The van der Waals surface area contributed by atoms with Gasteiger partial charge in [0.25, 0.3) is 5.89 Å². The second-order valence-electron chi connectivity index (χ2n) is 7.49. The van der Waals surface area contributed by atoms with Crippen molar-refractivity contribution in [1.82, 2.24) is 15.1 Å². The summed E-state index contributed by atoms with van der Waals surface area (Å²) in [5.74, 6) is 0.633. The van der Waals surface area contributed by atoms with E-state index in [0.717, 1.165) is 11.1 Å². The van der Waals surface area contributed by atoms with Crippen LogP contribution in [0.15, 0.2) is 41.1 Å². The topological polar surface area (TPSA) is 90.5 Å². The summed E-state index contributed by atoms with van der Waals surface area (Å²) in [6.45, 7) is 7.29. The molecule has 1 saturated heterocycles. The van der Waals surface area contributed by atoms with Crippen molar-refractivity contribution < 1.29 is 19.1 Å². The minimum Gasteiger partial charge on any atom is -0.507 e. The summed E-state index contributed by atoms with van der Waals surface area (Å²) in [6, 6.07) is 8.87. The molecule has 7 heteroatoms. The molecular weight excluding hydrogens is 346 g/mol. The van der Waals surface area contributed by atoms with Crippen LogP contribution < -0.4 is 0 Å². The summed E-state index contributed by atoms with van der Waals surface area (Å²) in [4.78, 5) is 8.69. The molecule has 1 fully saturated rings. The summed E-state index contributed by atoms with van der Waals surface area (Å²) >= 11 is 0. The molecule has 1 aromatic carbocycles. The highest BCUT2D eigenvalue weighted by molar-refractivity contribution is 5.65. The van der Waals surface area contributed by atoms with Gasteiger partial charge in [-0.05, 0) is 30.7 Å². The number of benzene rings is 1. The molecule has 3 heterocycles. The van der Waals surface area contributed by atoms with Gasteiger partial charge in [0.15, 0.2) is 6.29 Å². The number of phenols is 1. The lowest BCUT2D eigenvalue weighted by Crippen LogP contribution is -2.33. The van der Waals surface area contributed by atoms with Gasteiger partial charge in [-0.1, -0.05) is 31.1 Å². The van der Waals surface area contributed by atoms with E-state index < -0.39 is 6.29 Å². The Morgan fingerprint density at radius 3 is 2.67 bits per heavy atom. The number of aromatic nitrogens is 3. The van der Waals surface area contributed by atoms with Crippen LogP contribution in [0.5, 0.6) is 5.75 Å². The highest BCUT2D eigenvalue weighted by Crippen LogP contribution is 2.36. The maximum absolute atomic E-state index is 10.3. The van der Waals surface area contributed by atoms with Gasteiger partial charge in [-0.3, -0.25) is 4.98 Å². The second kappa shape index (κ2) is 6.75. The van der Waals surface area contributed by atoms with Crippen LogP contribution in [-0.2, 0) is 9.47 Å². The largest absolute Gasteiger partial charge is 0.507 e. The van der Waals surface area contributed by atoms with E-state index in [1.54, 1.807) is 24.4 Å². The molecule has 1 N–H and O–H groups in total. The van der Waals surface area contributed by atoms with Gasteiger partial charge in [-0.15, -0.1) is 0 Å². The first-order chi connectivity index (χ1) is 12.9. The van der Waals surface area contributed by atoms with Gasteiger partial charge in [-0.2, -0.15) is 4.98 Å². The zero-order valence-corrected chi connectivity index (χ0v) is 15.5. The van der Waals surface area contributed by atoms with Crippen LogP contribution in [0.4, 0.5) is 0 Å². The summed E-state index contributed by atoms with van der Waals surface area (Å²) in [6.07, 6.45) is 1.19. The summed E-state index contributed by atoms with van der Waals surface area (Å²) in [5.41, 5.74) is 2.78. The van der Waals surface area contributed by atoms with Gasteiger partial charge < -0.3 is 19.1 Å². The first-order valence-corrected chi connectivity index (χ1v) is 8.75. The van der Waals surface area contributed by atoms with Crippen LogP contribution >= 0.6 is 0 Å². The molecule has 0 unspecified atom stereocenters. The molecule has 1 aliphatic rings. The van der Waals surface area contributed by atoms with Gasteiger partial charge in [0.05, 0.1) is 18.8 Å². The number of ether oxygens (including phenoxy) is 2. The number of nitrogens with zero attached hydrogens (tertiary/aromatic N) is 3. The predicted octanol–water partition coefficient (Wildman–Crippen LogP) is 3.88. The van der Waals surface area contributed by atoms with E-state index in [1.165, 1.54) is 0 Å². The molecule has 27 heavy (non-hydrogen) atoms. The van der Waals surface area contributed by atoms with E-state index in [1.807, 2.05) is 19.1 Å². The lowest BCUT2D eigenvalue weighted by atomic mass is 9.95. The lowest BCUT2D eigenvalue weighted by Gasteiger charge is -2.34. The zero-order chi connectivity index (χ0) is 19.0. The van der Waals surface area contributed by atoms with Crippen LogP contribution in [0, 0.1) is 12.3 Å². The van der Waals surface area contributed by atoms with Gasteiger partial charge in [0.1, 0.15) is 11.4 Å². The predicted molar refractivity (Wildman–Crippen MR) is 97.8 cm³/mol. The third-order valence-corrected chi connectivity index (χ3v) is 4.42. The molecule has 0 radical (unpaired) electrons. The molecule has 7 nitrogen and oxygen atoms in total. The second-order valence-corrected chi connectivity index (χ2v) is 7.49. The number of aromatic hydroxyl groups is 1. The van der Waals surface area contributed by atoms with Crippen LogP contribution in [0.1, 0.15) is 31.3 Å². The fourth-order valence-electron chi connectivity index (χ4n) is 2.91. The molecule has 0 aliphatic carbocycles. The number of hydrogen-bond donors (Lipinski definition) is 1. The molecule has 0 spiro atoms. The molecule has 3 aromatic rings. The first-order valence-electron chi connectivity index (χ1n) is 8.75. The minimum absolute atomic E-state index is 0.0157. The van der Waals surface area contributed by atoms with Gasteiger partial charge in [0, 0.05) is 17.2 Å². The third kappa shape index (κ3) is 3.56. The van der Waals surface area contributed by atoms with E-state index in [0.29, 0.717) is 30.3 Å². The third-order valence-electron chi connectivity index (χ3n) is 4.42. The molecule has 2 aromatic heterocycles. The van der Waals surface area contributed by atoms with E-state index in [4.69, 9.17) is 14.0 Å².